The Hall–Kier alpha value is -2.74. The lowest BCUT2D eigenvalue weighted by Gasteiger charge is -2.20. The number of alkyl halides is 2. The lowest BCUT2D eigenvalue weighted by Crippen LogP contribution is -2.25. The van der Waals surface area contributed by atoms with E-state index in [2.05, 4.69) is 4.74 Å². The third-order valence-electron chi connectivity index (χ3n) is 3.72. The molecule has 1 nitrogen and oxygen atoms in total. The summed E-state index contributed by atoms with van der Waals surface area (Å²) >= 11 is 5.38. The molecule has 0 unspecified atom stereocenters. The summed E-state index contributed by atoms with van der Waals surface area (Å²) in [5.41, 5.74) is -1.97. The lowest BCUT2D eigenvalue weighted by atomic mass is 10.0. The fraction of sp³-hybridized carbons (Fsp3) is 0.0526. The molecule has 0 aliphatic heterocycles. The average molecular weight is 421 g/mol. The smallest absolute Gasteiger partial charge is 0.429 e. The van der Waals surface area contributed by atoms with E-state index in [9.17, 15) is 30.7 Å². The zero-order valence-corrected chi connectivity index (χ0v) is 14.3. The van der Waals surface area contributed by atoms with Crippen LogP contribution in [0.3, 0.4) is 0 Å². The molecule has 3 aromatic rings. The van der Waals surface area contributed by atoms with Crippen LogP contribution >= 0.6 is 11.6 Å². The third kappa shape index (κ3) is 3.91. The van der Waals surface area contributed by atoms with E-state index in [1.807, 2.05) is 0 Å². The van der Waals surface area contributed by atoms with E-state index >= 15 is 0 Å². The van der Waals surface area contributed by atoms with Crippen molar-refractivity contribution in [3.63, 3.8) is 0 Å². The van der Waals surface area contributed by atoms with E-state index < -0.39 is 51.5 Å². The minimum atomic E-state index is -4.48. The van der Waals surface area contributed by atoms with Crippen molar-refractivity contribution in [3.8, 4) is 16.9 Å². The highest BCUT2D eigenvalue weighted by molar-refractivity contribution is 6.30. The van der Waals surface area contributed by atoms with Gasteiger partial charge in [-0.05, 0) is 42.0 Å². The zero-order chi connectivity index (χ0) is 20.6. The molecule has 0 fully saturated rings. The minimum absolute atomic E-state index is 0.0514. The van der Waals surface area contributed by atoms with Gasteiger partial charge in [0, 0.05) is 16.7 Å². The molecule has 0 amide bonds. The summed E-state index contributed by atoms with van der Waals surface area (Å²) in [4.78, 5) is 0. The molecule has 0 radical (unpaired) electrons. The summed E-state index contributed by atoms with van der Waals surface area (Å²) < 4.78 is 101. The average Bonchev–Trinajstić information content (AvgIpc) is 2.56. The Morgan fingerprint density at radius 1 is 0.679 bits per heavy atom. The third-order valence-corrected chi connectivity index (χ3v) is 3.93. The van der Waals surface area contributed by atoms with Gasteiger partial charge in [0.1, 0.15) is 28.8 Å². The molecule has 28 heavy (non-hydrogen) atoms. The van der Waals surface area contributed by atoms with E-state index in [1.54, 1.807) is 0 Å². The van der Waals surface area contributed by atoms with E-state index in [4.69, 9.17) is 11.6 Å². The highest BCUT2D eigenvalue weighted by Gasteiger charge is 2.41. The Bertz CT molecular complexity index is 1030. The van der Waals surface area contributed by atoms with E-state index in [0.717, 1.165) is 30.3 Å². The van der Waals surface area contributed by atoms with Crippen molar-refractivity contribution in [2.75, 3.05) is 0 Å². The second-order valence-corrected chi connectivity index (χ2v) is 6.07. The van der Waals surface area contributed by atoms with Crippen LogP contribution in [0.25, 0.3) is 11.1 Å². The zero-order valence-electron chi connectivity index (χ0n) is 13.6. The second-order valence-electron chi connectivity index (χ2n) is 5.63. The molecule has 3 rings (SSSR count). The SMILES string of the molecule is Fc1ccc(-c2ccc(OC(F)(F)c3c(F)cc(Cl)cc3F)cc2F)cc1F. The Kier molecular flexibility index (Phi) is 5.25. The minimum Gasteiger partial charge on any atom is -0.429 e. The summed E-state index contributed by atoms with van der Waals surface area (Å²) in [6, 6.07) is 5.92. The molecule has 0 heterocycles. The Labute approximate surface area is 158 Å². The van der Waals surface area contributed by atoms with Gasteiger partial charge in [-0.15, -0.1) is 0 Å². The molecule has 3 aromatic carbocycles. The Morgan fingerprint density at radius 3 is 1.89 bits per heavy atom. The van der Waals surface area contributed by atoms with Gasteiger partial charge in [-0.3, -0.25) is 0 Å². The van der Waals surface area contributed by atoms with Crippen molar-refractivity contribution in [2.24, 2.45) is 0 Å². The largest absolute Gasteiger partial charge is 0.432 e. The van der Waals surface area contributed by atoms with E-state index in [1.165, 1.54) is 0 Å². The Morgan fingerprint density at radius 2 is 1.32 bits per heavy atom. The van der Waals surface area contributed by atoms with Crippen molar-refractivity contribution < 1.29 is 35.5 Å². The predicted octanol–water partition coefficient (Wildman–Crippen LogP) is 6.83. The molecule has 146 valence electrons. The molecule has 0 N–H and O–H groups in total. The monoisotopic (exact) mass is 420 g/mol. The fourth-order valence-corrected chi connectivity index (χ4v) is 2.67. The molecule has 0 saturated heterocycles. The highest BCUT2D eigenvalue weighted by atomic mass is 35.5. The Balaban J connectivity index is 1.93. The maximum Gasteiger partial charge on any atom is 0.432 e. The topological polar surface area (TPSA) is 9.23 Å². The summed E-state index contributed by atoms with van der Waals surface area (Å²) in [6.45, 7) is 0. The van der Waals surface area contributed by atoms with Crippen molar-refractivity contribution >= 4 is 11.6 Å². The van der Waals surface area contributed by atoms with Gasteiger partial charge < -0.3 is 4.74 Å². The van der Waals surface area contributed by atoms with Crippen LogP contribution in [0.4, 0.5) is 30.7 Å². The molecule has 0 bridgehead atoms. The van der Waals surface area contributed by atoms with Gasteiger partial charge in [0.25, 0.3) is 0 Å². The summed E-state index contributed by atoms with van der Waals surface area (Å²) in [7, 11) is 0. The van der Waals surface area contributed by atoms with Crippen LogP contribution < -0.4 is 4.74 Å². The lowest BCUT2D eigenvalue weighted by molar-refractivity contribution is -0.189. The first kappa shape index (κ1) is 20.0. The molecule has 0 aliphatic carbocycles. The normalized spacial score (nSPS) is 11.6. The van der Waals surface area contributed by atoms with E-state index in [0.29, 0.717) is 18.2 Å². The van der Waals surface area contributed by atoms with Gasteiger partial charge in [-0.2, -0.15) is 8.78 Å². The molecule has 9 heteroatoms. The fourth-order valence-electron chi connectivity index (χ4n) is 2.48. The van der Waals surface area contributed by atoms with Crippen LogP contribution in [-0.4, -0.2) is 0 Å². The maximum absolute atomic E-state index is 14.3. The first-order valence-corrected chi connectivity index (χ1v) is 7.93. The summed E-state index contributed by atoms with van der Waals surface area (Å²) in [5, 5.41) is -0.434. The van der Waals surface area contributed by atoms with Crippen LogP contribution in [0.1, 0.15) is 5.56 Å². The van der Waals surface area contributed by atoms with E-state index in [-0.39, 0.29) is 11.1 Å². The van der Waals surface area contributed by atoms with Crippen molar-refractivity contribution in [2.45, 2.75) is 6.11 Å². The number of rotatable bonds is 4. The van der Waals surface area contributed by atoms with Gasteiger partial charge >= 0.3 is 6.11 Å². The van der Waals surface area contributed by atoms with Crippen LogP contribution in [0, 0.1) is 29.1 Å². The highest BCUT2D eigenvalue weighted by Crippen LogP contribution is 2.37. The second kappa shape index (κ2) is 7.35. The van der Waals surface area contributed by atoms with Crippen LogP contribution in [0.5, 0.6) is 5.75 Å². The number of hydrogen-bond donors (Lipinski definition) is 0. The molecule has 0 atom stereocenters. The first-order chi connectivity index (χ1) is 13.1. The number of hydrogen-bond acceptors (Lipinski definition) is 1. The molecule has 0 spiro atoms. The summed E-state index contributed by atoms with van der Waals surface area (Å²) in [6.07, 6.45) is -4.48. The quantitative estimate of drug-likeness (QED) is 0.420. The maximum atomic E-state index is 14.3. The number of ether oxygens (including phenoxy) is 1. The van der Waals surface area contributed by atoms with Gasteiger partial charge in [0.15, 0.2) is 11.6 Å². The van der Waals surface area contributed by atoms with Gasteiger partial charge in [-0.25, -0.2) is 22.0 Å². The number of halogens is 8. The van der Waals surface area contributed by atoms with Crippen LogP contribution in [0.2, 0.25) is 5.02 Å². The molecular weight excluding hydrogens is 413 g/mol. The van der Waals surface area contributed by atoms with Gasteiger partial charge in [0.2, 0.25) is 0 Å². The molecule has 0 saturated carbocycles. The molecular formula is C19H8ClF7O. The van der Waals surface area contributed by atoms with Gasteiger partial charge in [-0.1, -0.05) is 17.7 Å². The van der Waals surface area contributed by atoms with Crippen LogP contribution in [0.15, 0.2) is 48.5 Å². The van der Waals surface area contributed by atoms with Crippen molar-refractivity contribution in [1.82, 2.24) is 0 Å². The standard InChI is InChI=1S/C19H8ClF7O/c20-10-6-16(24)18(17(25)7-10)19(26,27)28-11-2-3-12(14(22)8-11)9-1-4-13(21)15(23)5-9/h1-8H. The number of benzene rings is 3. The van der Waals surface area contributed by atoms with Crippen molar-refractivity contribution in [3.05, 3.63) is 88.2 Å². The first-order valence-electron chi connectivity index (χ1n) is 7.55. The van der Waals surface area contributed by atoms with Gasteiger partial charge in [0.05, 0.1) is 0 Å². The molecule has 0 aliphatic rings. The molecule has 0 aromatic heterocycles. The summed E-state index contributed by atoms with van der Waals surface area (Å²) in [5.74, 6) is -7.50. The predicted molar refractivity (Wildman–Crippen MR) is 87.6 cm³/mol. The van der Waals surface area contributed by atoms with Crippen LogP contribution in [-0.2, 0) is 6.11 Å². The van der Waals surface area contributed by atoms with Crippen molar-refractivity contribution in [1.29, 1.82) is 0 Å².